The molecule has 2 aromatic heterocycles. The quantitative estimate of drug-likeness (QED) is 0.524. The molecule has 0 atom stereocenters. The Bertz CT molecular complexity index is 1080. The molecule has 2 aromatic carbocycles. The van der Waals surface area contributed by atoms with Gasteiger partial charge in [0.25, 0.3) is 5.91 Å². The summed E-state index contributed by atoms with van der Waals surface area (Å²) in [6, 6.07) is 11.2. The summed E-state index contributed by atoms with van der Waals surface area (Å²) in [6.07, 6.45) is 0. The molecule has 0 radical (unpaired) electrons. The van der Waals surface area contributed by atoms with Crippen molar-refractivity contribution in [1.29, 1.82) is 0 Å². The summed E-state index contributed by atoms with van der Waals surface area (Å²) in [6.45, 7) is 4.40. The summed E-state index contributed by atoms with van der Waals surface area (Å²) < 4.78 is 0. The number of aromatic nitrogens is 6. The highest BCUT2D eigenvalue weighted by Crippen LogP contribution is 2.20. The van der Waals surface area contributed by atoms with E-state index in [1.165, 1.54) is 5.56 Å². The molecule has 0 unspecified atom stereocenters. The van der Waals surface area contributed by atoms with Crippen LogP contribution in [0, 0.1) is 13.8 Å². The molecule has 4 rings (SSSR count). The van der Waals surface area contributed by atoms with E-state index in [1.807, 2.05) is 19.1 Å². The van der Waals surface area contributed by atoms with E-state index in [2.05, 4.69) is 48.9 Å². The Morgan fingerprint density at radius 2 is 2.00 bits per heavy atom. The number of benzene rings is 2. The molecule has 0 fully saturated rings. The standard InChI is InChI=1S/C18H17N7O/c1-10-7-8-14-16(11(10)2)21-15(20-14)9-19-18(26)13-6-4-3-5-12(13)17-22-24-25-23-17/h3-8H,9H2,1-2H3,(H,19,26)(H,20,21)(H,22,23,24,25). The Kier molecular flexibility index (Phi) is 3.92. The highest BCUT2D eigenvalue weighted by atomic mass is 16.1. The van der Waals surface area contributed by atoms with Gasteiger partial charge in [0.2, 0.25) is 5.82 Å². The van der Waals surface area contributed by atoms with Crippen LogP contribution in [0.5, 0.6) is 0 Å². The first-order valence-electron chi connectivity index (χ1n) is 8.19. The van der Waals surface area contributed by atoms with Gasteiger partial charge in [0, 0.05) is 5.56 Å². The number of amides is 1. The molecule has 0 bridgehead atoms. The van der Waals surface area contributed by atoms with Gasteiger partial charge in [-0.15, -0.1) is 10.2 Å². The SMILES string of the molecule is Cc1ccc2[nH]c(CNC(=O)c3ccccc3-c3nn[nH]n3)nc2c1C. The Labute approximate surface area is 149 Å². The number of aromatic amines is 2. The predicted octanol–water partition coefficient (Wildman–Crippen LogP) is 2.29. The molecule has 26 heavy (non-hydrogen) atoms. The van der Waals surface area contributed by atoms with Gasteiger partial charge in [-0.05, 0) is 42.3 Å². The van der Waals surface area contributed by atoms with Gasteiger partial charge in [0.15, 0.2) is 0 Å². The lowest BCUT2D eigenvalue weighted by atomic mass is 10.1. The second-order valence-electron chi connectivity index (χ2n) is 6.05. The number of nitrogens with zero attached hydrogens (tertiary/aromatic N) is 4. The van der Waals surface area contributed by atoms with E-state index in [-0.39, 0.29) is 5.91 Å². The third kappa shape index (κ3) is 2.81. The summed E-state index contributed by atoms with van der Waals surface area (Å²) in [5, 5.41) is 16.7. The van der Waals surface area contributed by atoms with Gasteiger partial charge in [-0.1, -0.05) is 24.3 Å². The van der Waals surface area contributed by atoms with Crippen molar-refractivity contribution in [1.82, 2.24) is 35.9 Å². The molecule has 1 amide bonds. The summed E-state index contributed by atoms with van der Waals surface area (Å²) in [5.41, 5.74) is 5.32. The van der Waals surface area contributed by atoms with Gasteiger partial charge < -0.3 is 10.3 Å². The van der Waals surface area contributed by atoms with Crippen LogP contribution in [0.25, 0.3) is 22.4 Å². The fourth-order valence-corrected chi connectivity index (χ4v) is 2.86. The number of hydrogen-bond acceptors (Lipinski definition) is 5. The molecule has 0 saturated heterocycles. The highest BCUT2D eigenvalue weighted by molar-refractivity contribution is 6.00. The first-order chi connectivity index (χ1) is 12.6. The molecule has 8 nitrogen and oxygen atoms in total. The lowest BCUT2D eigenvalue weighted by molar-refractivity contribution is 0.0950. The van der Waals surface area contributed by atoms with Crippen LogP contribution in [0.2, 0.25) is 0 Å². The van der Waals surface area contributed by atoms with Gasteiger partial charge in [-0.3, -0.25) is 4.79 Å². The van der Waals surface area contributed by atoms with Crippen LogP contribution in [0.4, 0.5) is 0 Å². The Balaban J connectivity index is 1.56. The van der Waals surface area contributed by atoms with Crippen LogP contribution in [0.3, 0.4) is 0 Å². The molecule has 0 aliphatic carbocycles. The Hall–Kier alpha value is -3.55. The molecule has 0 spiro atoms. The maximum Gasteiger partial charge on any atom is 0.252 e. The number of fused-ring (bicyclic) bond motifs is 1. The van der Waals surface area contributed by atoms with E-state index in [1.54, 1.807) is 18.2 Å². The number of nitrogens with one attached hydrogen (secondary N) is 3. The first-order valence-corrected chi connectivity index (χ1v) is 8.19. The van der Waals surface area contributed by atoms with E-state index in [0.717, 1.165) is 16.6 Å². The molecule has 0 aliphatic heterocycles. The zero-order valence-corrected chi connectivity index (χ0v) is 14.4. The molecule has 2 heterocycles. The second kappa shape index (κ2) is 6.40. The van der Waals surface area contributed by atoms with Crippen LogP contribution in [0.15, 0.2) is 36.4 Å². The third-order valence-corrected chi connectivity index (χ3v) is 4.40. The van der Waals surface area contributed by atoms with Gasteiger partial charge >= 0.3 is 0 Å². The maximum absolute atomic E-state index is 12.6. The molecule has 4 aromatic rings. The predicted molar refractivity (Wildman–Crippen MR) is 96.4 cm³/mol. The van der Waals surface area contributed by atoms with Gasteiger partial charge in [0.1, 0.15) is 5.82 Å². The summed E-state index contributed by atoms with van der Waals surface area (Å²) in [4.78, 5) is 20.5. The molecule has 0 saturated carbocycles. The zero-order valence-electron chi connectivity index (χ0n) is 14.4. The maximum atomic E-state index is 12.6. The minimum Gasteiger partial charge on any atom is -0.345 e. The van der Waals surface area contributed by atoms with Crippen molar-refractivity contribution in [2.75, 3.05) is 0 Å². The fourth-order valence-electron chi connectivity index (χ4n) is 2.86. The zero-order chi connectivity index (χ0) is 18.1. The van der Waals surface area contributed by atoms with E-state index in [4.69, 9.17) is 0 Å². The average molecular weight is 347 g/mol. The van der Waals surface area contributed by atoms with Crippen molar-refractivity contribution >= 4 is 16.9 Å². The number of H-pyrrole nitrogens is 2. The number of tetrazole rings is 1. The van der Waals surface area contributed by atoms with Crippen LogP contribution in [0.1, 0.15) is 27.3 Å². The van der Waals surface area contributed by atoms with Crippen LogP contribution >= 0.6 is 0 Å². The van der Waals surface area contributed by atoms with Crippen LogP contribution < -0.4 is 5.32 Å². The van der Waals surface area contributed by atoms with E-state index < -0.39 is 0 Å². The van der Waals surface area contributed by atoms with Crippen LogP contribution in [-0.4, -0.2) is 36.5 Å². The normalized spacial score (nSPS) is 11.0. The molecule has 0 aliphatic rings. The number of carbonyl (C=O) groups is 1. The van der Waals surface area contributed by atoms with Crippen molar-refractivity contribution in [2.24, 2.45) is 0 Å². The fraction of sp³-hybridized carbons (Fsp3) is 0.167. The lowest BCUT2D eigenvalue weighted by Crippen LogP contribution is -2.24. The Morgan fingerprint density at radius 3 is 2.81 bits per heavy atom. The molecule has 130 valence electrons. The van der Waals surface area contributed by atoms with Crippen molar-refractivity contribution in [2.45, 2.75) is 20.4 Å². The monoisotopic (exact) mass is 347 g/mol. The van der Waals surface area contributed by atoms with E-state index in [0.29, 0.717) is 29.3 Å². The average Bonchev–Trinajstić information content (AvgIpc) is 3.33. The lowest BCUT2D eigenvalue weighted by Gasteiger charge is -2.06. The molecule has 3 N–H and O–H groups in total. The van der Waals surface area contributed by atoms with E-state index in [9.17, 15) is 4.79 Å². The summed E-state index contributed by atoms with van der Waals surface area (Å²) >= 11 is 0. The molecular formula is C18H17N7O. The Morgan fingerprint density at radius 1 is 1.15 bits per heavy atom. The van der Waals surface area contributed by atoms with Gasteiger partial charge in [0.05, 0.1) is 23.1 Å². The molecular weight excluding hydrogens is 330 g/mol. The van der Waals surface area contributed by atoms with Crippen molar-refractivity contribution < 1.29 is 4.79 Å². The molecule has 8 heteroatoms. The number of hydrogen-bond donors (Lipinski definition) is 3. The number of imidazole rings is 1. The third-order valence-electron chi connectivity index (χ3n) is 4.40. The second-order valence-corrected chi connectivity index (χ2v) is 6.05. The number of aryl methyl sites for hydroxylation is 2. The smallest absolute Gasteiger partial charge is 0.252 e. The van der Waals surface area contributed by atoms with Gasteiger partial charge in [-0.2, -0.15) is 5.21 Å². The first kappa shape index (κ1) is 15.9. The van der Waals surface area contributed by atoms with Crippen molar-refractivity contribution in [3.05, 3.63) is 58.9 Å². The number of rotatable bonds is 4. The van der Waals surface area contributed by atoms with E-state index >= 15 is 0 Å². The van der Waals surface area contributed by atoms with Crippen molar-refractivity contribution in [3.63, 3.8) is 0 Å². The minimum absolute atomic E-state index is 0.223. The van der Waals surface area contributed by atoms with Gasteiger partial charge in [-0.25, -0.2) is 4.98 Å². The van der Waals surface area contributed by atoms with Crippen molar-refractivity contribution in [3.8, 4) is 11.4 Å². The number of carbonyl (C=O) groups excluding carboxylic acids is 1. The highest BCUT2D eigenvalue weighted by Gasteiger charge is 2.15. The summed E-state index contributed by atoms with van der Waals surface area (Å²) in [5.74, 6) is 0.864. The van der Waals surface area contributed by atoms with Crippen LogP contribution in [-0.2, 0) is 6.54 Å². The minimum atomic E-state index is -0.223. The largest absolute Gasteiger partial charge is 0.345 e. The summed E-state index contributed by atoms with van der Waals surface area (Å²) in [7, 11) is 0. The topological polar surface area (TPSA) is 112 Å².